The van der Waals surface area contributed by atoms with E-state index < -0.39 is 40.9 Å². The number of halogens is 3. The van der Waals surface area contributed by atoms with Crippen LogP contribution in [0, 0.1) is 41.2 Å². The minimum absolute atomic E-state index is 0.0188. The lowest BCUT2D eigenvalue weighted by Crippen LogP contribution is -2.56. The summed E-state index contributed by atoms with van der Waals surface area (Å²) in [6.45, 7) is 7.72. The van der Waals surface area contributed by atoms with Crippen molar-refractivity contribution < 1.29 is 27.8 Å². The van der Waals surface area contributed by atoms with Gasteiger partial charge in [-0.1, -0.05) is 18.6 Å². The lowest BCUT2D eigenvalue weighted by atomic mass is 9.88. The normalized spacial score (nSPS) is 29.1. The van der Waals surface area contributed by atoms with Crippen molar-refractivity contribution in [3.8, 4) is 24.4 Å². The Morgan fingerprint density at radius 2 is 2.02 bits per heavy atom. The highest BCUT2D eigenvalue weighted by Crippen LogP contribution is 2.43. The van der Waals surface area contributed by atoms with Gasteiger partial charge in [0.2, 0.25) is 5.91 Å². The molecule has 7 rings (SSSR count). The predicted octanol–water partition coefficient (Wildman–Crippen LogP) is 3.66. The lowest BCUT2D eigenvalue weighted by molar-refractivity contribution is -0.129. The van der Waals surface area contributed by atoms with Gasteiger partial charge in [-0.05, 0) is 45.0 Å². The summed E-state index contributed by atoms with van der Waals surface area (Å²) in [5, 5.41) is 21.3. The lowest BCUT2D eigenvalue weighted by Gasteiger charge is -2.41. The molecule has 6 heterocycles. The molecule has 3 aromatic rings. The number of ether oxygens (including phenoxy) is 1. The van der Waals surface area contributed by atoms with Gasteiger partial charge >= 0.3 is 6.01 Å². The molecule has 1 N–H and O–H groups in total. The number of carbonyl (C=O) groups is 1. The van der Waals surface area contributed by atoms with Crippen molar-refractivity contribution in [2.45, 2.75) is 62.5 Å². The average molecular weight is 687 g/mol. The zero-order chi connectivity index (χ0) is 35.7. The number of hydrogen-bond donors (Lipinski definition) is 1. The summed E-state index contributed by atoms with van der Waals surface area (Å²) in [6, 6.07) is 4.11. The second-order valence-electron chi connectivity index (χ2n) is 14.3. The van der Waals surface area contributed by atoms with Crippen molar-refractivity contribution in [3.05, 3.63) is 53.7 Å². The highest BCUT2D eigenvalue weighted by Gasteiger charge is 2.49. The van der Waals surface area contributed by atoms with Crippen molar-refractivity contribution >= 4 is 34.1 Å². The van der Waals surface area contributed by atoms with Gasteiger partial charge in [0.25, 0.3) is 0 Å². The van der Waals surface area contributed by atoms with Crippen molar-refractivity contribution in [2.24, 2.45) is 5.92 Å². The van der Waals surface area contributed by atoms with Gasteiger partial charge in [0, 0.05) is 38.7 Å². The largest absolute Gasteiger partial charge is 0.461 e. The maximum atomic E-state index is 17.0. The summed E-state index contributed by atoms with van der Waals surface area (Å²) in [6.07, 6.45) is 8.18. The van der Waals surface area contributed by atoms with E-state index in [1.807, 2.05) is 16.7 Å². The summed E-state index contributed by atoms with van der Waals surface area (Å²) in [4.78, 5) is 33.3. The number of alkyl halides is 1. The summed E-state index contributed by atoms with van der Waals surface area (Å²) >= 11 is 0. The second kappa shape index (κ2) is 12.1. The monoisotopic (exact) mass is 686 g/mol. The van der Waals surface area contributed by atoms with Gasteiger partial charge in [-0.15, -0.1) is 6.42 Å². The number of piperazine rings is 1. The van der Waals surface area contributed by atoms with E-state index in [0.717, 1.165) is 0 Å². The number of terminal acetylenes is 1. The third kappa shape index (κ3) is 5.47. The summed E-state index contributed by atoms with van der Waals surface area (Å²) in [5.41, 5.74) is -1.48. The van der Waals surface area contributed by atoms with Crippen molar-refractivity contribution in [3.63, 3.8) is 0 Å². The molecule has 50 heavy (non-hydrogen) atoms. The maximum Gasteiger partial charge on any atom is 0.319 e. The number of likely N-dealkylation sites (tertiary alicyclic amines) is 1. The van der Waals surface area contributed by atoms with Gasteiger partial charge in [-0.3, -0.25) is 9.69 Å². The number of nitrogens with zero attached hydrogens (tertiary/aromatic N) is 8. The number of anilines is 3. The van der Waals surface area contributed by atoms with Gasteiger partial charge in [-0.2, -0.15) is 15.2 Å². The molecule has 4 aliphatic rings. The van der Waals surface area contributed by atoms with E-state index in [2.05, 4.69) is 28.5 Å². The molecule has 3 fully saturated rings. The van der Waals surface area contributed by atoms with Crippen LogP contribution in [-0.4, -0.2) is 105 Å². The van der Waals surface area contributed by atoms with E-state index >= 15 is 4.39 Å². The Kier molecular flexibility index (Phi) is 8.15. The first-order chi connectivity index (χ1) is 23.8. The number of aliphatic hydroxyl groups is 1. The first-order valence-corrected chi connectivity index (χ1v) is 16.5. The molecule has 0 aliphatic carbocycles. The number of rotatable bonds is 6. The minimum atomic E-state index is -1.33. The summed E-state index contributed by atoms with van der Waals surface area (Å²) in [7, 11) is 1.80. The Morgan fingerprint density at radius 3 is 2.70 bits per heavy atom. The number of carbonyl (C=O) groups excluding carboxylic acids is 1. The van der Waals surface area contributed by atoms with Gasteiger partial charge in [-0.25, -0.2) is 18.2 Å². The molecule has 14 heteroatoms. The number of nitriles is 1. The minimum Gasteiger partial charge on any atom is -0.461 e. The number of amides is 1. The van der Waals surface area contributed by atoms with E-state index in [1.54, 1.807) is 18.9 Å². The molecule has 1 aromatic carbocycles. The second-order valence-corrected chi connectivity index (χ2v) is 14.3. The fourth-order valence-electron chi connectivity index (χ4n) is 8.10. The number of fused-ring (bicyclic) bond motifs is 4. The molecule has 2 aromatic heterocycles. The smallest absolute Gasteiger partial charge is 0.319 e. The van der Waals surface area contributed by atoms with Gasteiger partial charge in [0.05, 0.1) is 58.4 Å². The van der Waals surface area contributed by atoms with Crippen LogP contribution >= 0.6 is 0 Å². The van der Waals surface area contributed by atoms with E-state index in [0.29, 0.717) is 18.5 Å². The van der Waals surface area contributed by atoms with Gasteiger partial charge in [0.15, 0.2) is 11.6 Å². The first kappa shape index (κ1) is 33.6. The molecule has 0 spiro atoms. The fourth-order valence-corrected chi connectivity index (χ4v) is 8.10. The van der Waals surface area contributed by atoms with Crippen LogP contribution in [0.4, 0.5) is 30.5 Å². The van der Waals surface area contributed by atoms with E-state index in [1.165, 1.54) is 29.3 Å². The molecule has 11 nitrogen and oxygen atoms in total. The topological polar surface area (TPSA) is 122 Å². The molecule has 1 amide bonds. The zero-order valence-electron chi connectivity index (χ0n) is 28.0. The molecule has 260 valence electrons. The molecule has 6 atom stereocenters. The quantitative estimate of drug-likeness (QED) is 0.304. The average Bonchev–Trinajstić information content (AvgIpc) is 3.47. The zero-order valence-corrected chi connectivity index (χ0v) is 28.0. The molecule has 1 unspecified atom stereocenters. The number of hydrogen-bond acceptors (Lipinski definition) is 10. The van der Waals surface area contributed by atoms with E-state index in [4.69, 9.17) is 16.1 Å². The molecular formula is C36H37F3N8O3. The number of aromatic nitrogens is 3. The molecule has 0 saturated carbocycles. The van der Waals surface area contributed by atoms with Gasteiger partial charge < -0.3 is 24.5 Å². The third-order valence-electron chi connectivity index (χ3n) is 10.6. The Balaban J connectivity index is 1.36. The van der Waals surface area contributed by atoms with Crippen LogP contribution in [0.25, 0.3) is 10.9 Å². The van der Waals surface area contributed by atoms with Crippen molar-refractivity contribution in [2.75, 3.05) is 49.6 Å². The van der Waals surface area contributed by atoms with Crippen molar-refractivity contribution in [1.29, 1.82) is 5.26 Å². The highest BCUT2D eigenvalue weighted by molar-refractivity contribution is 5.93. The van der Waals surface area contributed by atoms with Crippen LogP contribution in [-0.2, 0) is 11.2 Å². The number of pyridine rings is 1. The van der Waals surface area contributed by atoms with Gasteiger partial charge in [0.1, 0.15) is 29.9 Å². The van der Waals surface area contributed by atoms with Crippen LogP contribution < -0.4 is 14.5 Å². The Hall–Kier alpha value is -4.92. The molecule has 0 radical (unpaired) electrons. The van der Waals surface area contributed by atoms with E-state index in [9.17, 15) is 23.9 Å². The number of benzene rings is 1. The molecule has 4 aliphatic heterocycles. The predicted molar refractivity (Wildman–Crippen MR) is 180 cm³/mol. The molecule has 2 bridgehead atoms. The standard InChI is InChI=1S/C36H37F3N8O3/c1-6-24-26(38)9-8-20-11-36(4,49)18-46(31(20)24)33-29(39)30-25(14-41-33)32(43-34(42-30)50-19-35(3)12-22(37)15-44(35)5)45-16-23-10-21(13-40)27(17-45)47(23)28(48)7-2/h1,7-9,14,21-23,27,49H,2,10-12,15-19H2,3-5H3/t21?,22-,23-,27-,35+,36+/m1/s1. The van der Waals surface area contributed by atoms with Crippen molar-refractivity contribution in [1.82, 2.24) is 24.8 Å². The Morgan fingerprint density at radius 1 is 1.24 bits per heavy atom. The van der Waals surface area contributed by atoms with Crippen LogP contribution in [0.5, 0.6) is 6.01 Å². The molecule has 3 saturated heterocycles. The highest BCUT2D eigenvalue weighted by atomic mass is 19.1. The Bertz CT molecular complexity index is 2000. The number of likely N-dealkylation sites (N-methyl/N-ethyl adjacent to an activating group) is 1. The summed E-state index contributed by atoms with van der Waals surface area (Å²) < 4.78 is 52.5. The molecular weight excluding hydrogens is 649 g/mol. The van der Waals surface area contributed by atoms with Crippen LogP contribution in [0.1, 0.15) is 37.8 Å². The number of β-amino-alcohol motifs (C(OH)–C–C–N with tert-alkyl or cyclic N) is 1. The third-order valence-corrected chi connectivity index (χ3v) is 10.6. The summed E-state index contributed by atoms with van der Waals surface area (Å²) in [5.74, 6) is 0.187. The maximum absolute atomic E-state index is 17.0. The van der Waals surface area contributed by atoms with Crippen LogP contribution in [0.3, 0.4) is 0 Å². The van der Waals surface area contributed by atoms with Crippen LogP contribution in [0.2, 0.25) is 0 Å². The fraction of sp³-hybridized carbons (Fsp3) is 0.472. The first-order valence-electron chi connectivity index (χ1n) is 16.5. The Labute approximate surface area is 288 Å². The van der Waals surface area contributed by atoms with Crippen LogP contribution in [0.15, 0.2) is 31.0 Å². The van der Waals surface area contributed by atoms with E-state index in [-0.39, 0.29) is 90.8 Å². The SMILES string of the molecule is C#Cc1c(F)ccc2c1N(c1ncc3c(N4C[C@H]5CC(C#N)[C@@H](C4)N5C(=O)C=C)nc(OC[C@]4(C)C[C@@H](F)CN4C)nc3c1F)C[C@@](C)(O)C2.